The molecule has 0 bridgehead atoms. The van der Waals surface area contributed by atoms with Gasteiger partial charge in [0.05, 0.1) is 12.8 Å². The highest BCUT2D eigenvalue weighted by atomic mass is 35.5. The van der Waals surface area contributed by atoms with Crippen LogP contribution in [0.3, 0.4) is 0 Å². The third kappa shape index (κ3) is 5.06. The first-order valence-corrected chi connectivity index (χ1v) is 10.7. The van der Waals surface area contributed by atoms with E-state index in [4.69, 9.17) is 11.6 Å². The Bertz CT molecular complexity index is 939. The largest absolute Gasteiger partial charge is 0.308 e. The van der Waals surface area contributed by atoms with Gasteiger partial charge >= 0.3 is 0 Å². The van der Waals surface area contributed by atoms with E-state index < -0.39 is 10.0 Å². The Morgan fingerprint density at radius 1 is 1.37 bits per heavy atom. The summed E-state index contributed by atoms with van der Waals surface area (Å²) in [5.74, 6) is -0.628. The molecule has 2 aromatic rings. The first-order valence-electron chi connectivity index (χ1n) is 8.46. The number of amides is 1. The van der Waals surface area contributed by atoms with Crippen molar-refractivity contribution in [2.75, 3.05) is 24.7 Å². The molecule has 0 aliphatic carbocycles. The maximum atomic E-state index is 13.3. The topological polar surface area (TPSA) is 84.3 Å². The number of hydrogen-bond acceptors (Lipinski definition) is 4. The Hall–Kier alpha value is -1.97. The van der Waals surface area contributed by atoms with Crippen LogP contribution in [-0.2, 0) is 21.4 Å². The summed E-state index contributed by atoms with van der Waals surface area (Å²) in [6, 6.07) is 6.15. The quantitative estimate of drug-likeness (QED) is 0.813. The molecule has 1 aliphatic heterocycles. The van der Waals surface area contributed by atoms with Gasteiger partial charge in [0.25, 0.3) is 0 Å². The molecule has 0 atom stereocenters. The van der Waals surface area contributed by atoms with Crippen LogP contribution in [0, 0.1) is 11.7 Å². The maximum absolute atomic E-state index is 13.3. The molecule has 1 aromatic carbocycles. The van der Waals surface area contributed by atoms with E-state index >= 15 is 0 Å². The average molecular weight is 415 g/mol. The first-order chi connectivity index (χ1) is 12.7. The van der Waals surface area contributed by atoms with Crippen LogP contribution in [0.15, 0.2) is 30.5 Å². The average Bonchev–Trinajstić information content (AvgIpc) is 2.93. The number of anilines is 1. The zero-order valence-electron chi connectivity index (χ0n) is 14.7. The molecule has 10 heteroatoms. The van der Waals surface area contributed by atoms with Crippen LogP contribution in [-0.4, -0.2) is 47.8 Å². The van der Waals surface area contributed by atoms with Gasteiger partial charge in [-0.25, -0.2) is 17.1 Å². The van der Waals surface area contributed by atoms with Crippen molar-refractivity contribution in [3.05, 3.63) is 46.9 Å². The highest BCUT2D eigenvalue weighted by molar-refractivity contribution is 7.88. The summed E-state index contributed by atoms with van der Waals surface area (Å²) in [6.07, 6.45) is 3.62. The third-order valence-electron chi connectivity index (χ3n) is 4.49. The molecule has 2 heterocycles. The number of aromatic nitrogens is 2. The smallest absolute Gasteiger partial charge is 0.228 e. The molecule has 27 heavy (non-hydrogen) atoms. The number of nitrogens with one attached hydrogen (secondary N) is 1. The van der Waals surface area contributed by atoms with Crippen molar-refractivity contribution in [1.29, 1.82) is 0 Å². The van der Waals surface area contributed by atoms with Crippen LogP contribution in [0.4, 0.5) is 10.2 Å². The molecule has 0 unspecified atom stereocenters. The fourth-order valence-electron chi connectivity index (χ4n) is 3.05. The number of halogens is 2. The van der Waals surface area contributed by atoms with Gasteiger partial charge in [-0.3, -0.25) is 9.48 Å². The van der Waals surface area contributed by atoms with E-state index in [1.807, 2.05) is 0 Å². The van der Waals surface area contributed by atoms with Gasteiger partial charge in [-0.05, 0) is 30.5 Å². The van der Waals surface area contributed by atoms with Gasteiger partial charge in [0.2, 0.25) is 15.9 Å². The minimum Gasteiger partial charge on any atom is -0.308 e. The highest BCUT2D eigenvalue weighted by Gasteiger charge is 2.29. The molecule has 0 saturated carbocycles. The van der Waals surface area contributed by atoms with Crippen LogP contribution in [0.2, 0.25) is 5.02 Å². The molecule has 1 aliphatic rings. The molecule has 7 nitrogen and oxygen atoms in total. The van der Waals surface area contributed by atoms with Gasteiger partial charge in [0.1, 0.15) is 10.8 Å². The number of hydrogen-bond donors (Lipinski definition) is 1. The van der Waals surface area contributed by atoms with Crippen molar-refractivity contribution < 1.29 is 17.6 Å². The molecular formula is C17H20ClFN4O3S. The van der Waals surface area contributed by atoms with Gasteiger partial charge in [-0.15, -0.1) is 0 Å². The van der Waals surface area contributed by atoms with Crippen LogP contribution in [0.25, 0.3) is 0 Å². The number of carbonyl (C=O) groups excluding carboxylic acids is 1. The lowest BCUT2D eigenvalue weighted by atomic mass is 9.97. The van der Waals surface area contributed by atoms with Gasteiger partial charge < -0.3 is 5.32 Å². The lowest BCUT2D eigenvalue weighted by Crippen LogP contribution is -2.40. The Labute approximate surface area is 162 Å². The Kier molecular flexibility index (Phi) is 5.83. The van der Waals surface area contributed by atoms with E-state index in [-0.39, 0.29) is 28.5 Å². The van der Waals surface area contributed by atoms with E-state index in [1.54, 1.807) is 18.3 Å². The standard InChI is InChI=1S/C17H20ClFN4O3S/c1-27(25,26)23-7-5-13(6-8-23)17(24)20-16-15(18)11-22(21-16)10-12-3-2-4-14(19)9-12/h2-4,9,11,13H,5-8,10H2,1H3,(H,20,21,24). The monoisotopic (exact) mass is 414 g/mol. The summed E-state index contributed by atoms with van der Waals surface area (Å²) in [5.41, 5.74) is 0.722. The molecule has 0 spiro atoms. The van der Waals surface area contributed by atoms with Crippen LogP contribution in [0.1, 0.15) is 18.4 Å². The van der Waals surface area contributed by atoms with Crippen LogP contribution < -0.4 is 5.32 Å². The highest BCUT2D eigenvalue weighted by Crippen LogP contribution is 2.24. The second-order valence-electron chi connectivity index (χ2n) is 6.58. The lowest BCUT2D eigenvalue weighted by molar-refractivity contribution is -0.120. The third-order valence-corrected chi connectivity index (χ3v) is 6.07. The second kappa shape index (κ2) is 7.95. The van der Waals surface area contributed by atoms with Crippen LogP contribution in [0.5, 0.6) is 0 Å². The molecular weight excluding hydrogens is 395 g/mol. The van der Waals surface area contributed by atoms with E-state index in [1.165, 1.54) is 27.4 Å². The summed E-state index contributed by atoms with van der Waals surface area (Å²) in [5, 5.41) is 7.24. The van der Waals surface area contributed by atoms with E-state index in [2.05, 4.69) is 10.4 Å². The zero-order valence-corrected chi connectivity index (χ0v) is 16.3. The van der Waals surface area contributed by atoms with Gasteiger partial charge in [0.15, 0.2) is 5.82 Å². The Balaban J connectivity index is 1.61. The van der Waals surface area contributed by atoms with E-state index in [0.717, 1.165) is 5.56 Å². The number of rotatable bonds is 5. The molecule has 1 aromatic heterocycles. The fourth-order valence-corrected chi connectivity index (χ4v) is 4.13. The summed E-state index contributed by atoms with van der Waals surface area (Å²) >= 11 is 6.15. The van der Waals surface area contributed by atoms with Crippen LogP contribution >= 0.6 is 11.6 Å². The molecule has 146 valence electrons. The predicted molar refractivity (Wildman–Crippen MR) is 101 cm³/mol. The molecule has 3 rings (SSSR count). The van der Waals surface area contributed by atoms with Gasteiger partial charge in [-0.1, -0.05) is 23.7 Å². The molecule has 0 radical (unpaired) electrons. The summed E-state index contributed by atoms with van der Waals surface area (Å²) in [4.78, 5) is 12.5. The SMILES string of the molecule is CS(=O)(=O)N1CCC(C(=O)Nc2nn(Cc3cccc(F)c3)cc2Cl)CC1. The zero-order chi connectivity index (χ0) is 19.6. The van der Waals surface area contributed by atoms with E-state index in [9.17, 15) is 17.6 Å². The second-order valence-corrected chi connectivity index (χ2v) is 8.97. The number of benzene rings is 1. The maximum Gasteiger partial charge on any atom is 0.228 e. The van der Waals surface area contributed by atoms with Crippen molar-refractivity contribution >= 4 is 33.3 Å². The molecule has 1 fully saturated rings. The lowest BCUT2D eigenvalue weighted by Gasteiger charge is -2.29. The van der Waals surface area contributed by atoms with Crippen molar-refractivity contribution in [2.45, 2.75) is 19.4 Å². The van der Waals surface area contributed by atoms with Crippen molar-refractivity contribution in [2.24, 2.45) is 5.92 Å². The van der Waals surface area contributed by atoms with Crippen molar-refractivity contribution in [1.82, 2.24) is 14.1 Å². The fraction of sp³-hybridized carbons (Fsp3) is 0.412. The summed E-state index contributed by atoms with van der Waals surface area (Å²) in [7, 11) is -3.23. The first kappa shape index (κ1) is 19.8. The number of sulfonamides is 1. The number of piperidine rings is 1. The van der Waals surface area contributed by atoms with Crippen molar-refractivity contribution in [3.8, 4) is 0 Å². The Morgan fingerprint density at radius 3 is 2.70 bits per heavy atom. The summed E-state index contributed by atoms with van der Waals surface area (Å²) in [6.45, 7) is 0.956. The molecule has 1 amide bonds. The van der Waals surface area contributed by atoms with Crippen molar-refractivity contribution in [3.63, 3.8) is 0 Å². The predicted octanol–water partition coefficient (Wildman–Crippen LogP) is 2.33. The summed E-state index contributed by atoms with van der Waals surface area (Å²) < 4.78 is 39.3. The molecule has 1 saturated heterocycles. The number of carbonyl (C=O) groups is 1. The van der Waals surface area contributed by atoms with Gasteiger partial charge in [-0.2, -0.15) is 5.10 Å². The Morgan fingerprint density at radius 2 is 2.07 bits per heavy atom. The normalized spacial score (nSPS) is 16.4. The minimum absolute atomic E-state index is 0.235. The number of nitrogens with zero attached hydrogens (tertiary/aromatic N) is 3. The van der Waals surface area contributed by atoms with E-state index in [0.29, 0.717) is 32.5 Å². The minimum atomic E-state index is -3.23. The molecule has 1 N–H and O–H groups in total. The van der Waals surface area contributed by atoms with Gasteiger partial charge in [0, 0.05) is 25.2 Å².